The summed E-state index contributed by atoms with van der Waals surface area (Å²) in [4.78, 5) is 25.3. The Morgan fingerprint density at radius 3 is 2.76 bits per heavy atom. The summed E-state index contributed by atoms with van der Waals surface area (Å²) in [5.41, 5.74) is 0.440. The fraction of sp³-hybridized carbons (Fsp3) is 0.500. The maximum atomic E-state index is 12.0. The number of hydrogen-bond donors (Lipinski definition) is 1. The number of nitriles is 1. The number of anilines is 1. The summed E-state index contributed by atoms with van der Waals surface area (Å²) in [5.74, 6) is -0.611. The Morgan fingerprint density at radius 2 is 2.19 bits per heavy atom. The SMILES string of the molecule is CCOC(=O)CN(CC(=O)Nc1sccc1C#N)C(C)C. The molecule has 0 unspecified atom stereocenters. The van der Waals surface area contributed by atoms with Gasteiger partial charge in [0.05, 0.1) is 25.3 Å². The van der Waals surface area contributed by atoms with Gasteiger partial charge < -0.3 is 10.1 Å². The van der Waals surface area contributed by atoms with Crippen molar-refractivity contribution in [1.82, 2.24) is 4.90 Å². The van der Waals surface area contributed by atoms with Gasteiger partial charge >= 0.3 is 5.97 Å². The number of rotatable bonds is 7. The lowest BCUT2D eigenvalue weighted by Gasteiger charge is -2.24. The molecule has 0 bridgehead atoms. The third-order valence-corrected chi connectivity index (χ3v) is 3.58. The van der Waals surface area contributed by atoms with Crippen molar-refractivity contribution in [3.63, 3.8) is 0 Å². The van der Waals surface area contributed by atoms with Crippen molar-refractivity contribution < 1.29 is 14.3 Å². The Labute approximate surface area is 128 Å². The molecule has 0 saturated carbocycles. The third-order valence-electron chi connectivity index (χ3n) is 2.75. The number of hydrogen-bond acceptors (Lipinski definition) is 6. The quantitative estimate of drug-likeness (QED) is 0.777. The molecule has 7 heteroatoms. The highest BCUT2D eigenvalue weighted by atomic mass is 32.1. The highest BCUT2D eigenvalue weighted by molar-refractivity contribution is 7.14. The molecular formula is C14H19N3O3S. The molecule has 0 aromatic carbocycles. The van der Waals surface area contributed by atoms with Crippen molar-refractivity contribution in [2.24, 2.45) is 0 Å². The van der Waals surface area contributed by atoms with E-state index in [-0.39, 0.29) is 31.0 Å². The van der Waals surface area contributed by atoms with E-state index in [0.717, 1.165) is 0 Å². The summed E-state index contributed by atoms with van der Waals surface area (Å²) in [5, 5.41) is 13.9. The fourth-order valence-corrected chi connectivity index (χ4v) is 2.39. The fourth-order valence-electron chi connectivity index (χ4n) is 1.64. The molecule has 114 valence electrons. The topological polar surface area (TPSA) is 82.4 Å². The number of carbonyl (C=O) groups excluding carboxylic acids is 2. The number of thiophene rings is 1. The number of carbonyl (C=O) groups is 2. The molecule has 0 fully saturated rings. The molecule has 0 aliphatic rings. The van der Waals surface area contributed by atoms with E-state index in [9.17, 15) is 9.59 Å². The first-order chi connectivity index (χ1) is 9.97. The zero-order valence-electron chi connectivity index (χ0n) is 12.4. The zero-order valence-corrected chi connectivity index (χ0v) is 13.2. The predicted molar refractivity (Wildman–Crippen MR) is 81.0 cm³/mol. The van der Waals surface area contributed by atoms with Gasteiger partial charge in [-0.3, -0.25) is 14.5 Å². The zero-order chi connectivity index (χ0) is 15.8. The average molecular weight is 309 g/mol. The second kappa shape index (κ2) is 8.39. The molecule has 1 rings (SSSR count). The van der Waals surface area contributed by atoms with Crippen molar-refractivity contribution in [3.8, 4) is 6.07 Å². The largest absolute Gasteiger partial charge is 0.465 e. The van der Waals surface area contributed by atoms with Crippen molar-refractivity contribution >= 4 is 28.2 Å². The highest BCUT2D eigenvalue weighted by Crippen LogP contribution is 2.21. The van der Waals surface area contributed by atoms with Gasteiger partial charge in [-0.2, -0.15) is 5.26 Å². The molecule has 1 amide bonds. The van der Waals surface area contributed by atoms with Gasteiger partial charge in [0.25, 0.3) is 0 Å². The van der Waals surface area contributed by atoms with Crippen LogP contribution in [0.15, 0.2) is 11.4 Å². The van der Waals surface area contributed by atoms with Crippen molar-refractivity contribution in [2.75, 3.05) is 25.0 Å². The van der Waals surface area contributed by atoms with Crippen LogP contribution in [0.25, 0.3) is 0 Å². The molecule has 1 aromatic heterocycles. The lowest BCUT2D eigenvalue weighted by Crippen LogP contribution is -2.41. The van der Waals surface area contributed by atoms with Crippen LogP contribution < -0.4 is 5.32 Å². The molecule has 0 saturated heterocycles. The van der Waals surface area contributed by atoms with E-state index < -0.39 is 0 Å². The number of ether oxygens (including phenoxy) is 1. The summed E-state index contributed by atoms with van der Waals surface area (Å²) < 4.78 is 4.89. The number of nitrogens with one attached hydrogen (secondary N) is 1. The summed E-state index contributed by atoms with van der Waals surface area (Å²) in [6.07, 6.45) is 0. The maximum Gasteiger partial charge on any atom is 0.320 e. The monoisotopic (exact) mass is 309 g/mol. The Kier molecular flexibility index (Phi) is 6.85. The Morgan fingerprint density at radius 1 is 1.48 bits per heavy atom. The van der Waals surface area contributed by atoms with Crippen LogP contribution in [-0.2, 0) is 14.3 Å². The molecule has 0 radical (unpaired) electrons. The second-order valence-electron chi connectivity index (χ2n) is 4.63. The van der Waals surface area contributed by atoms with Gasteiger partial charge in [-0.1, -0.05) is 0 Å². The minimum atomic E-state index is -0.354. The number of nitrogens with zero attached hydrogens (tertiary/aromatic N) is 2. The second-order valence-corrected chi connectivity index (χ2v) is 5.54. The first kappa shape index (κ1) is 17.1. The van der Waals surface area contributed by atoms with E-state index in [0.29, 0.717) is 17.2 Å². The molecule has 0 aliphatic carbocycles. The van der Waals surface area contributed by atoms with Gasteiger partial charge in [-0.15, -0.1) is 11.3 Å². The summed E-state index contributed by atoms with van der Waals surface area (Å²) in [6.45, 7) is 5.99. The third kappa shape index (κ3) is 5.53. The van der Waals surface area contributed by atoms with Crippen LogP contribution >= 0.6 is 11.3 Å². The maximum absolute atomic E-state index is 12.0. The van der Waals surface area contributed by atoms with Gasteiger partial charge in [-0.05, 0) is 32.2 Å². The summed E-state index contributed by atoms with van der Waals surface area (Å²) in [7, 11) is 0. The van der Waals surface area contributed by atoms with E-state index in [2.05, 4.69) is 5.32 Å². The van der Waals surface area contributed by atoms with E-state index in [4.69, 9.17) is 10.00 Å². The van der Waals surface area contributed by atoms with Gasteiger partial charge in [0, 0.05) is 6.04 Å². The molecule has 1 N–H and O–H groups in total. The van der Waals surface area contributed by atoms with E-state index >= 15 is 0 Å². The minimum absolute atomic E-state index is 0.0268. The van der Waals surface area contributed by atoms with Crippen molar-refractivity contribution in [1.29, 1.82) is 5.26 Å². The van der Waals surface area contributed by atoms with Gasteiger partial charge in [0.1, 0.15) is 11.1 Å². The molecule has 6 nitrogen and oxygen atoms in total. The molecule has 0 aliphatic heterocycles. The van der Waals surface area contributed by atoms with Crippen LogP contribution in [0.2, 0.25) is 0 Å². The van der Waals surface area contributed by atoms with E-state index in [1.54, 1.807) is 23.3 Å². The normalized spacial score (nSPS) is 10.5. The highest BCUT2D eigenvalue weighted by Gasteiger charge is 2.19. The van der Waals surface area contributed by atoms with Crippen molar-refractivity contribution in [3.05, 3.63) is 17.0 Å². The molecule has 21 heavy (non-hydrogen) atoms. The molecule has 0 atom stereocenters. The van der Waals surface area contributed by atoms with Gasteiger partial charge in [-0.25, -0.2) is 0 Å². The Hall–Kier alpha value is -1.91. The van der Waals surface area contributed by atoms with Crippen LogP contribution in [0, 0.1) is 11.3 Å². The van der Waals surface area contributed by atoms with Gasteiger partial charge in [0.2, 0.25) is 5.91 Å². The van der Waals surface area contributed by atoms with E-state index in [1.807, 2.05) is 19.9 Å². The molecular weight excluding hydrogens is 290 g/mol. The molecule has 1 heterocycles. The molecule has 0 spiro atoms. The number of amides is 1. The van der Waals surface area contributed by atoms with Crippen LogP contribution in [0.1, 0.15) is 26.3 Å². The lowest BCUT2D eigenvalue weighted by molar-refractivity contribution is -0.145. The smallest absolute Gasteiger partial charge is 0.320 e. The minimum Gasteiger partial charge on any atom is -0.465 e. The lowest BCUT2D eigenvalue weighted by atomic mass is 10.3. The van der Waals surface area contributed by atoms with Crippen LogP contribution in [0.4, 0.5) is 5.00 Å². The number of esters is 1. The predicted octanol–water partition coefficient (Wildman–Crippen LogP) is 1.83. The first-order valence-corrected chi connectivity index (χ1v) is 7.53. The van der Waals surface area contributed by atoms with Gasteiger partial charge in [0.15, 0.2) is 0 Å². The molecule has 1 aromatic rings. The van der Waals surface area contributed by atoms with Crippen LogP contribution in [-0.4, -0.2) is 42.5 Å². The average Bonchev–Trinajstić information content (AvgIpc) is 2.85. The standard InChI is InChI=1S/C14H19N3O3S/c1-4-20-13(19)9-17(10(2)3)8-12(18)16-14-11(7-15)5-6-21-14/h5-6,10H,4,8-9H2,1-3H3,(H,16,18). The first-order valence-electron chi connectivity index (χ1n) is 6.65. The van der Waals surface area contributed by atoms with Crippen molar-refractivity contribution in [2.45, 2.75) is 26.8 Å². The Balaban J connectivity index is 2.61. The van der Waals surface area contributed by atoms with Crippen LogP contribution in [0.5, 0.6) is 0 Å². The van der Waals surface area contributed by atoms with E-state index in [1.165, 1.54) is 11.3 Å². The summed E-state index contributed by atoms with van der Waals surface area (Å²) >= 11 is 1.30. The Bertz CT molecular complexity index is 534. The van der Waals surface area contributed by atoms with Crippen LogP contribution in [0.3, 0.4) is 0 Å². The summed E-state index contributed by atoms with van der Waals surface area (Å²) in [6, 6.07) is 3.69.